The average Bonchev–Trinajstić information content (AvgIpc) is 2.78. The van der Waals surface area contributed by atoms with Gasteiger partial charge in [0.2, 0.25) is 5.91 Å². The first kappa shape index (κ1) is 20.1. The molecule has 4 rings (SSSR count). The predicted octanol–water partition coefficient (Wildman–Crippen LogP) is 3.87. The van der Waals surface area contributed by atoms with Gasteiger partial charge in [0.15, 0.2) is 5.82 Å². The highest BCUT2D eigenvalue weighted by atomic mass is 16.5. The molecule has 1 aliphatic heterocycles. The summed E-state index contributed by atoms with van der Waals surface area (Å²) in [6, 6.07) is 16.1. The van der Waals surface area contributed by atoms with Crippen molar-refractivity contribution in [2.75, 3.05) is 24.6 Å². The molecule has 1 aliphatic rings. The number of amides is 1. The third-order valence-corrected chi connectivity index (χ3v) is 5.56. The van der Waals surface area contributed by atoms with Crippen LogP contribution in [0.3, 0.4) is 0 Å². The molecule has 6 nitrogen and oxygen atoms in total. The quantitative estimate of drug-likeness (QED) is 0.676. The second-order valence-corrected chi connectivity index (χ2v) is 7.74. The molecule has 0 saturated carbocycles. The number of aromatic nitrogens is 2. The van der Waals surface area contributed by atoms with Crippen LogP contribution in [0, 0.1) is 12.8 Å². The zero-order valence-electron chi connectivity index (χ0n) is 17.6. The standard InChI is InChI=1S/C24H28N4O2/c1-3-30-24-22(26-20-6-4-5-7-21(20)27-24)28-14-12-19(13-15-28)23(29)25-16-18-10-8-17(2)9-11-18/h4-11,19H,3,12-16H2,1-2H3,(H,25,29). The van der Waals surface area contributed by atoms with Gasteiger partial charge in [-0.3, -0.25) is 4.79 Å². The number of aryl methyl sites for hydroxylation is 1. The smallest absolute Gasteiger partial charge is 0.258 e. The fourth-order valence-electron chi connectivity index (χ4n) is 3.81. The third-order valence-electron chi connectivity index (χ3n) is 5.56. The molecular weight excluding hydrogens is 376 g/mol. The first-order chi connectivity index (χ1) is 14.6. The number of rotatable bonds is 6. The number of nitrogens with zero attached hydrogens (tertiary/aromatic N) is 3. The fraction of sp³-hybridized carbons (Fsp3) is 0.375. The second kappa shape index (κ2) is 9.11. The van der Waals surface area contributed by atoms with Crippen LogP contribution in [-0.4, -0.2) is 35.6 Å². The van der Waals surface area contributed by atoms with E-state index in [4.69, 9.17) is 9.72 Å². The van der Waals surface area contributed by atoms with Crippen molar-refractivity contribution in [1.82, 2.24) is 15.3 Å². The van der Waals surface area contributed by atoms with Gasteiger partial charge >= 0.3 is 0 Å². The molecule has 3 aromatic rings. The Hall–Kier alpha value is -3.15. The summed E-state index contributed by atoms with van der Waals surface area (Å²) in [5.74, 6) is 1.49. The Labute approximate surface area is 177 Å². The van der Waals surface area contributed by atoms with E-state index in [9.17, 15) is 4.79 Å². The van der Waals surface area contributed by atoms with Crippen molar-refractivity contribution in [3.05, 3.63) is 59.7 Å². The normalized spacial score (nSPS) is 14.7. The van der Waals surface area contributed by atoms with Gasteiger partial charge in [-0.05, 0) is 44.4 Å². The molecule has 1 N–H and O–H groups in total. The summed E-state index contributed by atoms with van der Waals surface area (Å²) < 4.78 is 5.77. The number of hydrogen-bond donors (Lipinski definition) is 1. The highest BCUT2D eigenvalue weighted by Gasteiger charge is 2.27. The summed E-state index contributed by atoms with van der Waals surface area (Å²) in [6.07, 6.45) is 1.58. The molecule has 2 aromatic carbocycles. The Kier molecular flexibility index (Phi) is 6.12. The number of para-hydroxylation sites is 2. The minimum absolute atomic E-state index is 0.0238. The van der Waals surface area contributed by atoms with E-state index in [1.807, 2.05) is 31.2 Å². The van der Waals surface area contributed by atoms with Gasteiger partial charge in [-0.25, -0.2) is 9.97 Å². The zero-order valence-corrected chi connectivity index (χ0v) is 17.6. The molecular formula is C24H28N4O2. The summed E-state index contributed by atoms with van der Waals surface area (Å²) >= 11 is 0. The number of carbonyl (C=O) groups is 1. The van der Waals surface area contributed by atoms with E-state index >= 15 is 0 Å². The van der Waals surface area contributed by atoms with Crippen LogP contribution in [0.2, 0.25) is 0 Å². The number of piperidine rings is 1. The SMILES string of the molecule is CCOc1nc2ccccc2nc1N1CCC(C(=O)NCc2ccc(C)cc2)CC1. The Morgan fingerprint density at radius 1 is 1.07 bits per heavy atom. The summed E-state index contributed by atoms with van der Waals surface area (Å²) in [6.45, 7) is 6.64. The zero-order chi connectivity index (χ0) is 20.9. The molecule has 1 fully saturated rings. The van der Waals surface area contributed by atoms with Crippen LogP contribution in [-0.2, 0) is 11.3 Å². The van der Waals surface area contributed by atoms with Crippen LogP contribution in [0.4, 0.5) is 5.82 Å². The van der Waals surface area contributed by atoms with E-state index in [0.29, 0.717) is 19.0 Å². The van der Waals surface area contributed by atoms with Gasteiger partial charge < -0.3 is 15.0 Å². The van der Waals surface area contributed by atoms with Crippen LogP contribution in [0.15, 0.2) is 48.5 Å². The summed E-state index contributed by atoms with van der Waals surface area (Å²) in [7, 11) is 0. The Morgan fingerprint density at radius 2 is 1.73 bits per heavy atom. The van der Waals surface area contributed by atoms with Gasteiger partial charge in [0, 0.05) is 25.6 Å². The first-order valence-corrected chi connectivity index (χ1v) is 10.6. The lowest BCUT2D eigenvalue weighted by Crippen LogP contribution is -2.41. The highest BCUT2D eigenvalue weighted by molar-refractivity contribution is 5.79. The maximum Gasteiger partial charge on any atom is 0.258 e. The molecule has 0 spiro atoms. The molecule has 1 aromatic heterocycles. The number of hydrogen-bond acceptors (Lipinski definition) is 5. The number of nitrogens with one attached hydrogen (secondary N) is 1. The Bertz CT molecular complexity index is 1010. The fourth-order valence-corrected chi connectivity index (χ4v) is 3.81. The van der Waals surface area contributed by atoms with Gasteiger partial charge in [-0.1, -0.05) is 42.0 Å². The number of carbonyl (C=O) groups excluding carboxylic acids is 1. The van der Waals surface area contributed by atoms with E-state index in [0.717, 1.165) is 48.3 Å². The minimum Gasteiger partial charge on any atom is -0.475 e. The Morgan fingerprint density at radius 3 is 2.40 bits per heavy atom. The van der Waals surface area contributed by atoms with Gasteiger partial charge in [-0.2, -0.15) is 0 Å². The summed E-state index contributed by atoms with van der Waals surface area (Å²) in [4.78, 5) is 24.3. The molecule has 2 heterocycles. The largest absolute Gasteiger partial charge is 0.475 e. The van der Waals surface area contributed by atoms with Gasteiger partial charge in [0.1, 0.15) is 0 Å². The lowest BCUT2D eigenvalue weighted by Gasteiger charge is -2.32. The molecule has 0 unspecified atom stereocenters. The van der Waals surface area contributed by atoms with E-state index in [-0.39, 0.29) is 11.8 Å². The molecule has 1 saturated heterocycles. The van der Waals surface area contributed by atoms with Crippen LogP contribution in [0.1, 0.15) is 30.9 Å². The highest BCUT2D eigenvalue weighted by Crippen LogP contribution is 2.30. The first-order valence-electron chi connectivity index (χ1n) is 10.6. The van der Waals surface area contributed by atoms with Gasteiger partial charge in [0.05, 0.1) is 17.6 Å². The van der Waals surface area contributed by atoms with Crippen molar-refractivity contribution in [1.29, 1.82) is 0 Å². The molecule has 156 valence electrons. The lowest BCUT2D eigenvalue weighted by atomic mass is 9.96. The van der Waals surface area contributed by atoms with E-state index < -0.39 is 0 Å². The maximum absolute atomic E-state index is 12.6. The van der Waals surface area contributed by atoms with Crippen molar-refractivity contribution >= 4 is 22.8 Å². The molecule has 6 heteroatoms. The van der Waals surface area contributed by atoms with Crippen LogP contribution in [0.25, 0.3) is 11.0 Å². The molecule has 0 atom stereocenters. The van der Waals surface area contributed by atoms with Crippen molar-refractivity contribution in [3.63, 3.8) is 0 Å². The van der Waals surface area contributed by atoms with E-state index in [1.54, 1.807) is 0 Å². The number of ether oxygens (including phenoxy) is 1. The summed E-state index contributed by atoms with van der Waals surface area (Å²) in [5.41, 5.74) is 4.03. The van der Waals surface area contributed by atoms with E-state index in [1.165, 1.54) is 5.56 Å². The maximum atomic E-state index is 12.6. The van der Waals surface area contributed by atoms with Gasteiger partial charge in [0.25, 0.3) is 5.88 Å². The third kappa shape index (κ3) is 4.53. The molecule has 0 aliphatic carbocycles. The second-order valence-electron chi connectivity index (χ2n) is 7.74. The number of anilines is 1. The lowest BCUT2D eigenvalue weighted by molar-refractivity contribution is -0.125. The number of benzene rings is 2. The van der Waals surface area contributed by atoms with Crippen LogP contribution < -0.4 is 15.0 Å². The molecule has 0 bridgehead atoms. The van der Waals surface area contributed by atoms with Crippen molar-refractivity contribution in [3.8, 4) is 5.88 Å². The van der Waals surface area contributed by atoms with Crippen LogP contribution in [0.5, 0.6) is 5.88 Å². The minimum atomic E-state index is 0.0238. The van der Waals surface area contributed by atoms with Gasteiger partial charge in [-0.15, -0.1) is 0 Å². The summed E-state index contributed by atoms with van der Waals surface area (Å²) in [5, 5.41) is 3.09. The van der Waals surface area contributed by atoms with Crippen molar-refractivity contribution in [2.24, 2.45) is 5.92 Å². The average molecular weight is 405 g/mol. The topological polar surface area (TPSA) is 67.4 Å². The van der Waals surface area contributed by atoms with Crippen molar-refractivity contribution in [2.45, 2.75) is 33.2 Å². The number of fused-ring (bicyclic) bond motifs is 1. The monoisotopic (exact) mass is 404 g/mol. The molecule has 30 heavy (non-hydrogen) atoms. The molecule has 0 radical (unpaired) electrons. The van der Waals surface area contributed by atoms with Crippen LogP contribution >= 0.6 is 0 Å². The molecule has 1 amide bonds. The van der Waals surface area contributed by atoms with Crippen molar-refractivity contribution < 1.29 is 9.53 Å². The Balaban J connectivity index is 1.39. The van der Waals surface area contributed by atoms with E-state index in [2.05, 4.69) is 46.4 Å². The predicted molar refractivity (Wildman–Crippen MR) is 119 cm³/mol.